The van der Waals surface area contributed by atoms with Gasteiger partial charge < -0.3 is 24.0 Å². The number of ether oxygens (including phenoxy) is 1. The van der Waals surface area contributed by atoms with E-state index in [1.807, 2.05) is 6.08 Å². The number of carboxylic acid groups (broad SMARTS) is 1. The highest BCUT2D eigenvalue weighted by Crippen LogP contribution is 2.51. The molecule has 4 atom stereocenters. The predicted octanol–water partition coefficient (Wildman–Crippen LogP) is -0.689. The van der Waals surface area contributed by atoms with Crippen LogP contribution in [0.25, 0.3) is 0 Å². The summed E-state index contributed by atoms with van der Waals surface area (Å²) in [4.78, 5) is 25.4. The van der Waals surface area contributed by atoms with Gasteiger partial charge in [-0.05, 0) is 12.1 Å². The van der Waals surface area contributed by atoms with Gasteiger partial charge in [0.2, 0.25) is 5.91 Å². The maximum atomic E-state index is 12.5. The van der Waals surface area contributed by atoms with E-state index in [4.69, 9.17) is 9.15 Å². The van der Waals surface area contributed by atoms with Crippen LogP contribution in [-0.2, 0) is 20.9 Å². The zero-order valence-corrected chi connectivity index (χ0v) is 10.5. The molecule has 1 amide bonds. The van der Waals surface area contributed by atoms with Crippen molar-refractivity contribution < 1.29 is 23.8 Å². The normalized spacial score (nSPS) is 37.7. The number of rotatable bonds is 3. The Kier molecular flexibility index (Phi) is 2.18. The summed E-state index contributed by atoms with van der Waals surface area (Å²) in [6, 6.07) is 3.53. The molecule has 4 heterocycles. The molecular formula is C14H12NO5-. The highest BCUT2D eigenvalue weighted by molar-refractivity contribution is 5.90. The average molecular weight is 274 g/mol. The third kappa shape index (κ3) is 1.37. The van der Waals surface area contributed by atoms with Crippen LogP contribution in [0.15, 0.2) is 35.0 Å². The van der Waals surface area contributed by atoms with Crippen molar-refractivity contribution in [3.63, 3.8) is 0 Å². The fraction of sp³-hybridized carbons (Fsp3) is 0.429. The molecule has 1 aromatic heterocycles. The topological polar surface area (TPSA) is 82.8 Å². The third-order valence-electron chi connectivity index (χ3n) is 4.38. The van der Waals surface area contributed by atoms with Gasteiger partial charge in [-0.15, -0.1) is 0 Å². The van der Waals surface area contributed by atoms with Gasteiger partial charge in [0.05, 0.1) is 31.4 Å². The number of carbonyl (C=O) groups excluding carboxylic acids is 2. The van der Waals surface area contributed by atoms with Crippen LogP contribution in [0.2, 0.25) is 0 Å². The van der Waals surface area contributed by atoms with Gasteiger partial charge in [0.25, 0.3) is 0 Å². The SMILES string of the molecule is O=C([O-])[C@@H]1[C@@H]2C=C[C@]3(CN(Cc4ccco4)C(=O)[C@H]13)O2. The second-order valence-electron chi connectivity index (χ2n) is 5.49. The quantitative estimate of drug-likeness (QED) is 0.681. The summed E-state index contributed by atoms with van der Waals surface area (Å²) >= 11 is 0. The molecule has 2 fully saturated rings. The number of furan rings is 1. The maximum absolute atomic E-state index is 12.5. The number of hydrogen-bond acceptors (Lipinski definition) is 5. The summed E-state index contributed by atoms with van der Waals surface area (Å²) in [7, 11) is 0. The molecule has 3 aliphatic rings. The first-order valence-corrected chi connectivity index (χ1v) is 6.50. The highest BCUT2D eigenvalue weighted by atomic mass is 16.5. The second kappa shape index (κ2) is 3.73. The van der Waals surface area contributed by atoms with Crippen LogP contribution in [0.5, 0.6) is 0 Å². The molecule has 0 radical (unpaired) electrons. The van der Waals surface area contributed by atoms with Gasteiger partial charge in [-0.3, -0.25) is 4.79 Å². The summed E-state index contributed by atoms with van der Waals surface area (Å²) < 4.78 is 11.0. The fourth-order valence-corrected chi connectivity index (χ4v) is 3.57. The van der Waals surface area contributed by atoms with Gasteiger partial charge in [-0.2, -0.15) is 0 Å². The second-order valence-corrected chi connectivity index (χ2v) is 5.49. The van der Waals surface area contributed by atoms with Gasteiger partial charge in [0.1, 0.15) is 11.4 Å². The minimum Gasteiger partial charge on any atom is -0.550 e. The first-order chi connectivity index (χ1) is 9.61. The number of aliphatic carboxylic acids is 1. The van der Waals surface area contributed by atoms with Crippen LogP contribution in [0.3, 0.4) is 0 Å². The minimum atomic E-state index is -1.22. The number of likely N-dealkylation sites (tertiary alicyclic amines) is 1. The van der Waals surface area contributed by atoms with Crippen LogP contribution in [0, 0.1) is 11.8 Å². The van der Waals surface area contributed by atoms with Crippen LogP contribution >= 0.6 is 0 Å². The molecular weight excluding hydrogens is 262 g/mol. The molecule has 1 aromatic rings. The van der Waals surface area contributed by atoms with Crippen molar-refractivity contribution in [2.75, 3.05) is 6.54 Å². The fourth-order valence-electron chi connectivity index (χ4n) is 3.57. The van der Waals surface area contributed by atoms with Crippen LogP contribution in [0.4, 0.5) is 0 Å². The van der Waals surface area contributed by atoms with Crippen molar-refractivity contribution in [2.24, 2.45) is 11.8 Å². The Morgan fingerprint density at radius 2 is 2.40 bits per heavy atom. The Morgan fingerprint density at radius 1 is 1.55 bits per heavy atom. The Balaban J connectivity index is 1.65. The van der Waals surface area contributed by atoms with E-state index in [2.05, 4.69) is 0 Å². The van der Waals surface area contributed by atoms with E-state index in [-0.39, 0.29) is 5.91 Å². The number of fused-ring (bicyclic) bond motifs is 1. The lowest BCUT2D eigenvalue weighted by Gasteiger charge is -2.24. The van der Waals surface area contributed by atoms with Gasteiger partial charge in [0, 0.05) is 11.9 Å². The average Bonchev–Trinajstić information content (AvgIpc) is 3.12. The van der Waals surface area contributed by atoms with Crippen molar-refractivity contribution >= 4 is 11.9 Å². The molecule has 4 rings (SSSR count). The molecule has 20 heavy (non-hydrogen) atoms. The summed E-state index contributed by atoms with van der Waals surface area (Å²) in [6.45, 7) is 0.680. The van der Waals surface area contributed by atoms with E-state index in [1.54, 1.807) is 29.4 Å². The van der Waals surface area contributed by atoms with Gasteiger partial charge in [-0.25, -0.2) is 0 Å². The summed E-state index contributed by atoms with van der Waals surface area (Å²) in [6.07, 6.45) is 4.54. The van der Waals surface area contributed by atoms with E-state index < -0.39 is 29.5 Å². The van der Waals surface area contributed by atoms with Gasteiger partial charge >= 0.3 is 0 Å². The molecule has 6 nitrogen and oxygen atoms in total. The lowest BCUT2D eigenvalue weighted by Crippen LogP contribution is -2.45. The van der Waals surface area contributed by atoms with Crippen molar-refractivity contribution in [2.45, 2.75) is 18.2 Å². The number of carbonyl (C=O) groups is 2. The maximum Gasteiger partial charge on any atom is 0.230 e. The molecule has 6 heteroatoms. The molecule has 0 aromatic carbocycles. The lowest BCUT2D eigenvalue weighted by atomic mass is 9.77. The summed E-state index contributed by atoms with van der Waals surface area (Å²) in [5.74, 6) is -2.34. The minimum absolute atomic E-state index is 0.206. The number of amides is 1. The van der Waals surface area contributed by atoms with Crippen LogP contribution in [0.1, 0.15) is 5.76 Å². The number of hydrogen-bond donors (Lipinski definition) is 0. The smallest absolute Gasteiger partial charge is 0.230 e. The zero-order valence-electron chi connectivity index (χ0n) is 10.5. The monoisotopic (exact) mass is 274 g/mol. The van der Waals surface area contributed by atoms with Crippen LogP contribution in [-0.4, -0.2) is 35.0 Å². The third-order valence-corrected chi connectivity index (χ3v) is 4.38. The Bertz CT molecular complexity index is 607. The largest absolute Gasteiger partial charge is 0.550 e. The van der Waals surface area contributed by atoms with Crippen molar-refractivity contribution in [1.29, 1.82) is 0 Å². The molecule has 1 spiro atoms. The van der Waals surface area contributed by atoms with E-state index in [9.17, 15) is 14.7 Å². The first kappa shape index (κ1) is 11.7. The van der Waals surface area contributed by atoms with Gasteiger partial charge in [-0.1, -0.05) is 12.2 Å². The summed E-state index contributed by atoms with van der Waals surface area (Å²) in [5, 5.41) is 11.3. The molecule has 2 bridgehead atoms. The molecule has 0 saturated carbocycles. The Hall–Kier alpha value is -2.08. The molecule has 104 valence electrons. The number of nitrogens with zero attached hydrogens (tertiary/aromatic N) is 1. The van der Waals surface area contributed by atoms with Crippen LogP contribution < -0.4 is 5.11 Å². The highest BCUT2D eigenvalue weighted by Gasteiger charge is 2.65. The van der Waals surface area contributed by atoms with E-state index >= 15 is 0 Å². The standard InChI is InChI=1S/C14H13NO5/c16-12-11-10(13(17)18)9-3-4-14(11,20-9)7-15(12)6-8-2-1-5-19-8/h1-5,9-11H,6-7H2,(H,17,18)/p-1/t9-,10+,11-,14+/m0/s1. The zero-order chi connectivity index (χ0) is 13.9. The van der Waals surface area contributed by atoms with E-state index in [1.165, 1.54) is 0 Å². The van der Waals surface area contributed by atoms with Crippen molar-refractivity contribution in [3.05, 3.63) is 36.3 Å². The number of carboxylic acids is 1. The van der Waals surface area contributed by atoms with Gasteiger partial charge in [0.15, 0.2) is 0 Å². The molecule has 2 saturated heterocycles. The Labute approximate surface area is 114 Å². The molecule has 0 unspecified atom stereocenters. The molecule has 0 aliphatic carbocycles. The van der Waals surface area contributed by atoms with Crippen molar-refractivity contribution in [3.8, 4) is 0 Å². The predicted molar refractivity (Wildman–Crippen MR) is 62.9 cm³/mol. The molecule has 3 aliphatic heterocycles. The van der Waals surface area contributed by atoms with Crippen molar-refractivity contribution in [1.82, 2.24) is 4.90 Å². The van der Waals surface area contributed by atoms with E-state index in [0.717, 1.165) is 0 Å². The molecule has 0 N–H and O–H groups in total. The Morgan fingerprint density at radius 3 is 3.10 bits per heavy atom. The first-order valence-electron chi connectivity index (χ1n) is 6.50. The van der Waals surface area contributed by atoms with E-state index in [0.29, 0.717) is 18.8 Å². The lowest BCUT2D eigenvalue weighted by molar-refractivity contribution is -0.313. The summed E-state index contributed by atoms with van der Waals surface area (Å²) in [5.41, 5.74) is -0.806.